The summed E-state index contributed by atoms with van der Waals surface area (Å²) < 4.78 is 6.77. The fraction of sp³-hybridized carbons (Fsp3) is 0.241. The number of amides is 1. The lowest BCUT2D eigenvalue weighted by atomic mass is 9.88. The van der Waals surface area contributed by atoms with Crippen LogP contribution in [0.4, 0.5) is 11.4 Å². The smallest absolute Gasteiger partial charge is 0.311 e. The second kappa shape index (κ2) is 12.1. The average molecular weight is 560 g/mol. The lowest BCUT2D eigenvalue weighted by Gasteiger charge is -2.22. The molecule has 3 aromatic carbocycles. The molecule has 0 aliphatic heterocycles. The van der Waals surface area contributed by atoms with Gasteiger partial charge in [-0.05, 0) is 61.4 Å². The summed E-state index contributed by atoms with van der Waals surface area (Å²) in [5, 5.41) is 19.8. The summed E-state index contributed by atoms with van der Waals surface area (Å²) >= 11 is 5.85. The van der Waals surface area contributed by atoms with Crippen molar-refractivity contribution in [2.24, 2.45) is 5.10 Å². The number of aromatic nitrogens is 2. The van der Waals surface area contributed by atoms with E-state index in [9.17, 15) is 19.7 Å². The van der Waals surface area contributed by atoms with Crippen molar-refractivity contribution in [3.63, 3.8) is 0 Å². The zero-order chi connectivity index (χ0) is 28.1. The molecule has 1 fully saturated rings. The predicted molar refractivity (Wildman–Crippen MR) is 153 cm³/mol. The largest absolute Gasteiger partial charge is 0.477 e. The number of carbonyl (C=O) groups is 1. The highest BCUT2D eigenvalue weighted by molar-refractivity contribution is 6.30. The molecule has 0 spiro atoms. The number of nitro benzene ring substituents is 1. The molecule has 1 N–H and O–H groups in total. The number of hydrogen-bond acceptors (Lipinski definition) is 7. The SMILES string of the molecule is O=C(COc1ccc(C=Nn2c(C3CCCCC3)nc3ccccc3c2=O)cc1[N+](=O)[O-])Nc1ccc(Cl)cc1. The van der Waals surface area contributed by atoms with E-state index in [0.717, 1.165) is 32.1 Å². The van der Waals surface area contributed by atoms with Gasteiger partial charge in [-0.15, -0.1) is 0 Å². The Morgan fingerprint density at radius 2 is 1.88 bits per heavy atom. The van der Waals surface area contributed by atoms with Crippen molar-refractivity contribution < 1.29 is 14.5 Å². The summed E-state index contributed by atoms with van der Waals surface area (Å²) in [5.74, 6) is 0.148. The molecule has 0 radical (unpaired) electrons. The van der Waals surface area contributed by atoms with Crippen LogP contribution in [0, 0.1) is 10.1 Å². The topological polar surface area (TPSA) is 129 Å². The van der Waals surface area contributed by atoms with Crippen molar-refractivity contribution in [3.8, 4) is 5.75 Å². The molecule has 0 atom stereocenters. The van der Waals surface area contributed by atoms with Crippen LogP contribution in [-0.4, -0.2) is 33.3 Å². The minimum Gasteiger partial charge on any atom is -0.477 e. The van der Waals surface area contributed by atoms with Crippen LogP contribution in [0.3, 0.4) is 0 Å². The van der Waals surface area contributed by atoms with E-state index in [2.05, 4.69) is 10.4 Å². The van der Waals surface area contributed by atoms with Crippen LogP contribution in [0.15, 0.2) is 76.6 Å². The normalized spacial score (nSPS) is 13.9. The first kappa shape index (κ1) is 27.0. The third-order valence-corrected chi connectivity index (χ3v) is 6.99. The van der Waals surface area contributed by atoms with Crippen LogP contribution >= 0.6 is 11.6 Å². The molecule has 1 aliphatic rings. The van der Waals surface area contributed by atoms with Gasteiger partial charge in [0.1, 0.15) is 5.82 Å². The van der Waals surface area contributed by atoms with Gasteiger partial charge in [0.15, 0.2) is 12.4 Å². The minimum absolute atomic E-state index is 0.0687. The molecule has 0 unspecified atom stereocenters. The Bertz CT molecular complexity index is 1650. The van der Waals surface area contributed by atoms with Gasteiger partial charge < -0.3 is 10.1 Å². The maximum atomic E-state index is 13.4. The molecule has 1 aliphatic carbocycles. The first-order chi connectivity index (χ1) is 19.4. The Labute approximate surface area is 234 Å². The number of nitrogens with zero attached hydrogens (tertiary/aromatic N) is 4. The molecule has 5 rings (SSSR count). The molecule has 1 heterocycles. The van der Waals surface area contributed by atoms with Gasteiger partial charge in [0.05, 0.1) is 22.0 Å². The molecule has 204 valence electrons. The van der Waals surface area contributed by atoms with E-state index in [4.69, 9.17) is 21.3 Å². The zero-order valence-electron chi connectivity index (χ0n) is 21.5. The van der Waals surface area contributed by atoms with Crippen molar-refractivity contribution in [3.05, 3.63) is 104 Å². The van der Waals surface area contributed by atoms with Gasteiger partial charge in [0.25, 0.3) is 11.5 Å². The maximum absolute atomic E-state index is 13.4. The Kier molecular flexibility index (Phi) is 8.16. The third-order valence-electron chi connectivity index (χ3n) is 6.74. The quantitative estimate of drug-likeness (QED) is 0.162. The zero-order valence-corrected chi connectivity index (χ0v) is 22.2. The van der Waals surface area contributed by atoms with Crippen LogP contribution in [0.2, 0.25) is 5.02 Å². The van der Waals surface area contributed by atoms with Gasteiger partial charge in [0.2, 0.25) is 0 Å². The van der Waals surface area contributed by atoms with Gasteiger partial charge in [0, 0.05) is 28.3 Å². The second-order valence-corrected chi connectivity index (χ2v) is 9.95. The number of nitrogens with one attached hydrogen (secondary N) is 1. The van der Waals surface area contributed by atoms with Crippen molar-refractivity contribution >= 4 is 46.0 Å². The van der Waals surface area contributed by atoms with Crippen molar-refractivity contribution in [2.75, 3.05) is 11.9 Å². The number of halogens is 1. The summed E-state index contributed by atoms with van der Waals surface area (Å²) in [7, 11) is 0. The Balaban J connectivity index is 1.39. The Morgan fingerprint density at radius 3 is 2.62 bits per heavy atom. The summed E-state index contributed by atoms with van der Waals surface area (Å²) in [6.45, 7) is -0.431. The van der Waals surface area contributed by atoms with E-state index >= 15 is 0 Å². The molecule has 1 saturated carbocycles. The van der Waals surface area contributed by atoms with E-state index in [1.54, 1.807) is 42.5 Å². The van der Waals surface area contributed by atoms with E-state index < -0.39 is 17.4 Å². The number of hydrogen-bond donors (Lipinski definition) is 1. The average Bonchev–Trinajstić information content (AvgIpc) is 2.97. The minimum atomic E-state index is -0.596. The lowest BCUT2D eigenvalue weighted by molar-refractivity contribution is -0.385. The van der Waals surface area contributed by atoms with E-state index in [-0.39, 0.29) is 22.9 Å². The molecular weight excluding hydrogens is 534 g/mol. The van der Waals surface area contributed by atoms with Crippen LogP contribution in [-0.2, 0) is 4.79 Å². The number of carbonyl (C=O) groups excluding carboxylic acids is 1. The van der Waals surface area contributed by atoms with Crippen molar-refractivity contribution in [1.29, 1.82) is 0 Å². The summed E-state index contributed by atoms with van der Waals surface area (Å²) in [6, 6.07) is 17.9. The third kappa shape index (κ3) is 6.18. The number of anilines is 1. The second-order valence-electron chi connectivity index (χ2n) is 9.51. The van der Waals surface area contributed by atoms with Gasteiger partial charge in [-0.1, -0.05) is 43.0 Å². The number of ether oxygens (including phenoxy) is 1. The monoisotopic (exact) mass is 559 g/mol. The van der Waals surface area contributed by atoms with E-state index in [1.165, 1.54) is 23.0 Å². The van der Waals surface area contributed by atoms with Gasteiger partial charge >= 0.3 is 5.69 Å². The van der Waals surface area contributed by atoms with Crippen molar-refractivity contribution in [1.82, 2.24) is 9.66 Å². The van der Waals surface area contributed by atoms with Gasteiger partial charge in [-0.25, -0.2) is 4.98 Å². The fourth-order valence-electron chi connectivity index (χ4n) is 4.75. The van der Waals surface area contributed by atoms with Crippen molar-refractivity contribution in [2.45, 2.75) is 38.0 Å². The molecule has 1 aromatic heterocycles. The van der Waals surface area contributed by atoms with Gasteiger partial charge in [-0.2, -0.15) is 9.78 Å². The standard InChI is InChI=1S/C29H26ClN5O5/c30-21-11-13-22(14-12-21)32-27(36)18-40-26-15-10-19(16-25(26)35(38)39)17-31-34-28(20-6-2-1-3-7-20)33-24-9-5-4-8-23(24)29(34)37/h4-5,8-17,20H,1-3,6-7,18H2,(H,32,36). The highest BCUT2D eigenvalue weighted by Crippen LogP contribution is 2.32. The summed E-state index contributed by atoms with van der Waals surface area (Å²) in [4.78, 5) is 41.6. The van der Waals surface area contributed by atoms with E-state index in [1.807, 2.05) is 12.1 Å². The van der Waals surface area contributed by atoms with Crippen LogP contribution in [0.1, 0.15) is 49.4 Å². The fourth-order valence-corrected chi connectivity index (χ4v) is 4.88. The highest BCUT2D eigenvalue weighted by Gasteiger charge is 2.23. The molecule has 0 bridgehead atoms. The number of rotatable bonds is 8. The molecule has 0 saturated heterocycles. The van der Waals surface area contributed by atoms with Gasteiger partial charge in [-0.3, -0.25) is 19.7 Å². The Morgan fingerprint density at radius 1 is 1.12 bits per heavy atom. The number of benzene rings is 3. The molecule has 40 heavy (non-hydrogen) atoms. The molecule has 1 amide bonds. The maximum Gasteiger partial charge on any atom is 0.311 e. The Hall–Kier alpha value is -4.57. The molecule has 4 aromatic rings. The molecule has 11 heteroatoms. The first-order valence-electron chi connectivity index (χ1n) is 12.9. The predicted octanol–water partition coefficient (Wildman–Crippen LogP) is 5.91. The first-order valence-corrected chi connectivity index (χ1v) is 13.3. The highest BCUT2D eigenvalue weighted by atomic mass is 35.5. The van der Waals surface area contributed by atoms with E-state index in [0.29, 0.717) is 33.0 Å². The number of para-hydroxylation sites is 1. The van der Waals surface area contributed by atoms with Crippen LogP contribution in [0.25, 0.3) is 10.9 Å². The number of fused-ring (bicyclic) bond motifs is 1. The molecule has 10 nitrogen and oxygen atoms in total. The number of nitro groups is 1. The molecular formula is C29H26ClN5O5. The summed E-state index contributed by atoms with van der Waals surface area (Å²) in [6.07, 6.45) is 6.50. The summed E-state index contributed by atoms with van der Waals surface area (Å²) in [5.41, 5.74) is 0.907. The van der Waals surface area contributed by atoms with Crippen LogP contribution < -0.4 is 15.6 Å². The lowest BCUT2D eigenvalue weighted by Crippen LogP contribution is -2.25. The van der Waals surface area contributed by atoms with Crippen LogP contribution in [0.5, 0.6) is 5.75 Å².